The summed E-state index contributed by atoms with van der Waals surface area (Å²) >= 11 is 5.71. The normalized spacial score (nSPS) is 12.3. The summed E-state index contributed by atoms with van der Waals surface area (Å²) in [6.07, 6.45) is -4.61. The first-order valence-corrected chi connectivity index (χ1v) is 6.99. The quantitative estimate of drug-likeness (QED) is 0.752. The van der Waals surface area contributed by atoms with Crippen LogP contribution in [0, 0.1) is 5.92 Å². The van der Waals surface area contributed by atoms with Crippen LogP contribution in [0.5, 0.6) is 0 Å². The van der Waals surface area contributed by atoms with E-state index in [1.807, 2.05) is 32.8 Å². The highest BCUT2D eigenvalue weighted by Crippen LogP contribution is 2.29. The number of nitrogens with zero attached hydrogens (tertiary/aromatic N) is 4. The van der Waals surface area contributed by atoms with Gasteiger partial charge in [-0.05, 0) is 20.0 Å². The third-order valence-corrected chi connectivity index (χ3v) is 2.86. The number of alkyl halides is 3. The average molecular weight is 325 g/mol. The number of halogens is 4. The van der Waals surface area contributed by atoms with Crippen LogP contribution in [0.2, 0.25) is 5.15 Å². The highest BCUT2D eigenvalue weighted by atomic mass is 35.5. The Labute approximate surface area is 127 Å². The highest BCUT2D eigenvalue weighted by molar-refractivity contribution is 6.29. The van der Waals surface area contributed by atoms with Crippen LogP contribution in [0.1, 0.15) is 19.7 Å². The number of hydrogen-bond donors (Lipinski definition) is 0. The molecule has 0 aliphatic carbocycles. The van der Waals surface area contributed by atoms with Crippen LogP contribution in [0.3, 0.4) is 0 Å². The molecule has 0 fully saturated rings. The molecule has 0 atom stereocenters. The number of hydrogen-bond acceptors (Lipinski definition) is 4. The lowest BCUT2D eigenvalue weighted by Crippen LogP contribution is -2.35. The second-order valence-electron chi connectivity index (χ2n) is 5.51. The van der Waals surface area contributed by atoms with Crippen molar-refractivity contribution in [1.29, 1.82) is 0 Å². The van der Waals surface area contributed by atoms with Crippen molar-refractivity contribution in [3.63, 3.8) is 0 Å². The summed E-state index contributed by atoms with van der Waals surface area (Å²) in [7, 11) is 3.81. The largest absolute Gasteiger partial charge is 0.451 e. The van der Waals surface area contributed by atoms with Gasteiger partial charge < -0.3 is 9.80 Å². The van der Waals surface area contributed by atoms with E-state index in [2.05, 4.69) is 9.97 Å². The first kappa shape index (κ1) is 18.0. The zero-order valence-electron chi connectivity index (χ0n) is 12.6. The molecule has 1 rings (SSSR count). The molecule has 0 unspecified atom stereocenters. The van der Waals surface area contributed by atoms with E-state index in [0.717, 1.165) is 0 Å². The first-order valence-electron chi connectivity index (χ1n) is 6.61. The van der Waals surface area contributed by atoms with E-state index in [0.29, 0.717) is 19.6 Å². The van der Waals surface area contributed by atoms with E-state index in [1.54, 1.807) is 4.90 Å². The van der Waals surface area contributed by atoms with Gasteiger partial charge in [-0.3, -0.25) is 0 Å². The second kappa shape index (κ2) is 7.26. The first-order chi connectivity index (χ1) is 9.59. The highest BCUT2D eigenvalue weighted by Gasteiger charge is 2.35. The summed E-state index contributed by atoms with van der Waals surface area (Å²) in [4.78, 5) is 10.6. The van der Waals surface area contributed by atoms with Crippen molar-refractivity contribution in [3.05, 3.63) is 17.0 Å². The Kier molecular flexibility index (Phi) is 6.22. The van der Waals surface area contributed by atoms with Gasteiger partial charge in [0, 0.05) is 25.7 Å². The van der Waals surface area contributed by atoms with E-state index in [4.69, 9.17) is 11.6 Å². The van der Waals surface area contributed by atoms with Crippen molar-refractivity contribution in [1.82, 2.24) is 14.9 Å². The molecule has 0 amide bonds. The molecule has 0 saturated heterocycles. The van der Waals surface area contributed by atoms with Crippen molar-refractivity contribution in [3.8, 4) is 0 Å². The van der Waals surface area contributed by atoms with Gasteiger partial charge in [0.1, 0.15) is 11.0 Å². The third-order valence-electron chi connectivity index (χ3n) is 2.66. The summed E-state index contributed by atoms with van der Waals surface area (Å²) in [6.45, 7) is 5.86. The van der Waals surface area contributed by atoms with Crippen molar-refractivity contribution in [2.75, 3.05) is 38.6 Å². The van der Waals surface area contributed by atoms with Crippen LogP contribution in [0.4, 0.5) is 19.0 Å². The molecule has 0 bridgehead atoms. The molecular formula is C13H20ClF3N4. The summed E-state index contributed by atoms with van der Waals surface area (Å²) in [5.74, 6) is -0.711. The van der Waals surface area contributed by atoms with Crippen LogP contribution in [-0.4, -0.2) is 48.6 Å². The number of rotatable bonds is 6. The topological polar surface area (TPSA) is 32.3 Å². The Morgan fingerprint density at radius 3 is 2.29 bits per heavy atom. The molecule has 0 N–H and O–H groups in total. The Balaban J connectivity index is 3.08. The van der Waals surface area contributed by atoms with Crippen LogP contribution >= 0.6 is 11.6 Å². The van der Waals surface area contributed by atoms with Crippen LogP contribution in [0.25, 0.3) is 0 Å². The van der Waals surface area contributed by atoms with E-state index < -0.39 is 12.0 Å². The SMILES string of the molecule is CC(C)CN(CCN(C)C)c1cc(Cl)nc(C(F)(F)F)n1. The molecule has 1 heterocycles. The molecule has 0 saturated carbocycles. The maximum Gasteiger partial charge on any atom is 0.451 e. The van der Waals surface area contributed by atoms with Gasteiger partial charge >= 0.3 is 6.18 Å². The average Bonchev–Trinajstić information content (AvgIpc) is 2.32. The summed E-state index contributed by atoms with van der Waals surface area (Å²) < 4.78 is 38.3. The predicted molar refractivity (Wildman–Crippen MR) is 77.6 cm³/mol. The lowest BCUT2D eigenvalue weighted by Gasteiger charge is -2.27. The molecular weight excluding hydrogens is 305 g/mol. The maximum absolute atomic E-state index is 12.8. The minimum absolute atomic E-state index is 0.203. The van der Waals surface area contributed by atoms with Crippen LogP contribution in [-0.2, 0) is 6.18 Å². The number of likely N-dealkylation sites (N-methyl/N-ethyl adjacent to an activating group) is 1. The monoisotopic (exact) mass is 324 g/mol. The fourth-order valence-electron chi connectivity index (χ4n) is 1.76. The molecule has 120 valence electrons. The summed E-state index contributed by atoms with van der Waals surface area (Å²) in [6, 6.07) is 1.37. The van der Waals surface area contributed by atoms with Gasteiger partial charge in [-0.25, -0.2) is 9.97 Å². The fourth-order valence-corrected chi connectivity index (χ4v) is 1.93. The van der Waals surface area contributed by atoms with Crippen LogP contribution in [0.15, 0.2) is 6.07 Å². The molecule has 1 aromatic heterocycles. The lowest BCUT2D eigenvalue weighted by atomic mass is 10.2. The molecule has 0 radical (unpaired) electrons. The Hall–Kier alpha value is -1.08. The van der Waals surface area contributed by atoms with Crippen molar-refractivity contribution in [2.45, 2.75) is 20.0 Å². The molecule has 8 heteroatoms. The molecule has 0 aromatic carbocycles. The number of aromatic nitrogens is 2. The van der Waals surface area contributed by atoms with Gasteiger partial charge in [-0.15, -0.1) is 0 Å². The van der Waals surface area contributed by atoms with Gasteiger partial charge in [0.15, 0.2) is 0 Å². The van der Waals surface area contributed by atoms with Crippen molar-refractivity contribution >= 4 is 17.4 Å². The third kappa shape index (κ3) is 6.05. The van der Waals surface area contributed by atoms with Gasteiger partial charge in [0.05, 0.1) is 0 Å². The Bertz CT molecular complexity index is 463. The Morgan fingerprint density at radius 1 is 1.19 bits per heavy atom. The van der Waals surface area contributed by atoms with Gasteiger partial charge in [0.25, 0.3) is 0 Å². The summed E-state index contributed by atoms with van der Waals surface area (Å²) in [5, 5.41) is -0.203. The standard InChI is InChI=1S/C13H20ClF3N4/c1-9(2)8-21(6-5-20(3)4)11-7-10(14)18-12(19-11)13(15,16)17/h7,9H,5-6,8H2,1-4H3. The van der Waals surface area contributed by atoms with Crippen molar-refractivity contribution in [2.24, 2.45) is 5.92 Å². The van der Waals surface area contributed by atoms with Gasteiger partial charge in [-0.1, -0.05) is 25.4 Å². The second-order valence-corrected chi connectivity index (χ2v) is 5.90. The minimum atomic E-state index is -4.61. The summed E-state index contributed by atoms with van der Waals surface area (Å²) in [5.41, 5.74) is 0. The van der Waals surface area contributed by atoms with E-state index in [1.165, 1.54) is 6.07 Å². The fraction of sp³-hybridized carbons (Fsp3) is 0.692. The van der Waals surface area contributed by atoms with Gasteiger partial charge in [-0.2, -0.15) is 13.2 Å². The van der Waals surface area contributed by atoms with Gasteiger partial charge in [0.2, 0.25) is 5.82 Å². The maximum atomic E-state index is 12.8. The smallest absolute Gasteiger partial charge is 0.355 e. The van der Waals surface area contributed by atoms with Crippen molar-refractivity contribution < 1.29 is 13.2 Å². The molecule has 0 aliphatic rings. The number of anilines is 1. The zero-order chi connectivity index (χ0) is 16.2. The molecule has 4 nitrogen and oxygen atoms in total. The van der Waals surface area contributed by atoms with E-state index in [9.17, 15) is 13.2 Å². The molecule has 0 aliphatic heterocycles. The minimum Gasteiger partial charge on any atom is -0.355 e. The van der Waals surface area contributed by atoms with E-state index in [-0.39, 0.29) is 16.9 Å². The lowest BCUT2D eigenvalue weighted by molar-refractivity contribution is -0.144. The molecule has 0 spiro atoms. The Morgan fingerprint density at radius 2 is 1.81 bits per heavy atom. The van der Waals surface area contributed by atoms with Crippen LogP contribution < -0.4 is 4.90 Å². The zero-order valence-corrected chi connectivity index (χ0v) is 13.3. The molecule has 21 heavy (non-hydrogen) atoms. The van der Waals surface area contributed by atoms with E-state index >= 15 is 0 Å². The molecule has 1 aromatic rings. The predicted octanol–water partition coefficient (Wildman–Crippen LogP) is 3.17.